The molecule has 0 bridgehead atoms. The highest BCUT2D eigenvalue weighted by molar-refractivity contribution is 5.88. The predicted octanol–water partition coefficient (Wildman–Crippen LogP) is 2.71. The van der Waals surface area contributed by atoms with Gasteiger partial charge in [-0.25, -0.2) is 0 Å². The van der Waals surface area contributed by atoms with Crippen molar-refractivity contribution in [2.45, 2.75) is 167 Å². The van der Waals surface area contributed by atoms with Crippen molar-refractivity contribution in [2.24, 2.45) is 45.3 Å². The van der Waals surface area contributed by atoms with Crippen LogP contribution >= 0.6 is 0 Å². The minimum absolute atomic E-state index is 0.0145. The molecule has 0 radical (unpaired) electrons. The first-order valence-electron chi connectivity index (χ1n) is 17.8. The maximum Gasteiger partial charge on any atom is 0.186 e. The average molecular weight is 653 g/mol. The smallest absolute Gasteiger partial charge is 0.186 e. The van der Waals surface area contributed by atoms with Gasteiger partial charge in [-0.2, -0.15) is 0 Å². The normalized spacial score (nSPS) is 52.6. The zero-order valence-electron chi connectivity index (χ0n) is 29.1. The fourth-order valence-corrected chi connectivity index (χ4v) is 12.0. The summed E-state index contributed by atoms with van der Waals surface area (Å²) in [7, 11) is 0. The fourth-order valence-electron chi connectivity index (χ4n) is 12.0. The number of fused-ring (bicyclic) bond motifs is 4. The van der Waals surface area contributed by atoms with Gasteiger partial charge in [0.1, 0.15) is 35.8 Å². The van der Waals surface area contributed by atoms with Crippen LogP contribution in [0.1, 0.15) is 107 Å². The summed E-state index contributed by atoms with van der Waals surface area (Å²) in [5.74, 6) is 1.19. The number of epoxide rings is 1. The highest BCUT2D eigenvalue weighted by Crippen LogP contribution is 2.79. The van der Waals surface area contributed by atoms with Crippen LogP contribution in [0.3, 0.4) is 0 Å². The highest BCUT2D eigenvalue weighted by Gasteiger charge is 2.83. The summed E-state index contributed by atoms with van der Waals surface area (Å²) in [6, 6.07) is 0. The van der Waals surface area contributed by atoms with E-state index in [-0.39, 0.29) is 28.8 Å². The summed E-state index contributed by atoms with van der Waals surface area (Å²) >= 11 is 0. The van der Waals surface area contributed by atoms with Gasteiger partial charge in [0.05, 0.1) is 30.5 Å². The Morgan fingerprint density at radius 3 is 2.26 bits per heavy atom. The quantitative estimate of drug-likeness (QED) is 0.169. The molecule has 6 fully saturated rings. The van der Waals surface area contributed by atoms with E-state index in [1.54, 1.807) is 13.8 Å². The Morgan fingerprint density at radius 2 is 1.63 bits per heavy atom. The van der Waals surface area contributed by atoms with E-state index in [0.29, 0.717) is 36.9 Å². The molecule has 0 amide bonds. The molecule has 2 heterocycles. The third-order valence-electron chi connectivity index (χ3n) is 15.2. The number of Topliss-reactive ketones (excluding diaryl/α,β-unsaturated/α-hetero) is 1. The van der Waals surface area contributed by atoms with Crippen LogP contribution in [-0.4, -0.2) is 103 Å². The second kappa shape index (κ2) is 11.2. The second-order valence-electron chi connectivity index (χ2n) is 17.9. The third-order valence-corrected chi connectivity index (χ3v) is 15.2. The molecule has 10 nitrogen and oxygen atoms in total. The molecule has 16 atom stereocenters. The van der Waals surface area contributed by atoms with E-state index in [9.17, 15) is 35.4 Å². The summed E-state index contributed by atoms with van der Waals surface area (Å²) < 4.78 is 18.9. The summed E-state index contributed by atoms with van der Waals surface area (Å²) in [4.78, 5) is 14.7. The van der Waals surface area contributed by atoms with Gasteiger partial charge < -0.3 is 44.8 Å². The lowest BCUT2D eigenvalue weighted by Gasteiger charge is -2.66. The van der Waals surface area contributed by atoms with Crippen molar-refractivity contribution in [3.8, 4) is 0 Å². The van der Waals surface area contributed by atoms with Crippen molar-refractivity contribution in [1.82, 2.24) is 0 Å². The molecule has 1 spiro atoms. The van der Waals surface area contributed by atoms with Crippen molar-refractivity contribution in [3.63, 3.8) is 0 Å². The summed E-state index contributed by atoms with van der Waals surface area (Å²) in [6.07, 6.45) is -1.76. The number of ether oxygens (including phenoxy) is 3. The van der Waals surface area contributed by atoms with Crippen molar-refractivity contribution in [2.75, 3.05) is 6.61 Å². The number of carbonyl (C=O) groups is 1. The molecule has 10 heteroatoms. The standard InChI is InChI=1S/C36H60O10/c1-18(9-11-23(38)32(4,5)43)19-13-14-33(6)22-15-26-36(46-26)21(35(22,8)24(39)16-34(19,33)7)10-12-25(31(36,2)3)45-30-29(42)28(41)27(40)20(17-37)44-30/h18-23,25-30,37-38,40-43H,9-17H2,1-8H3/t18-,19-,20?,21?,22+,23-,25?,26+,27?,28?,29?,30?,33+,34-,35+,36-/m1/s1. The molecule has 6 N–H and O–H groups in total. The van der Waals surface area contributed by atoms with Crippen LogP contribution in [0, 0.1) is 45.3 Å². The first-order valence-corrected chi connectivity index (χ1v) is 17.8. The summed E-state index contributed by atoms with van der Waals surface area (Å²) in [5.41, 5.74) is -3.00. The van der Waals surface area contributed by atoms with Crippen molar-refractivity contribution in [3.05, 3.63) is 0 Å². The maximum absolute atomic E-state index is 14.7. The Labute approximate surface area is 274 Å². The van der Waals surface area contributed by atoms with Crippen LogP contribution in [-0.2, 0) is 19.0 Å². The lowest BCUT2D eigenvalue weighted by Crippen LogP contribution is -2.69. The molecule has 4 saturated carbocycles. The molecule has 264 valence electrons. The molecule has 46 heavy (non-hydrogen) atoms. The second-order valence-corrected chi connectivity index (χ2v) is 17.9. The van der Waals surface area contributed by atoms with Crippen LogP contribution < -0.4 is 0 Å². The Balaban J connectivity index is 1.23. The van der Waals surface area contributed by atoms with E-state index < -0.39 is 71.6 Å². The van der Waals surface area contributed by atoms with Gasteiger partial charge in [0.15, 0.2) is 6.29 Å². The van der Waals surface area contributed by atoms with Gasteiger partial charge >= 0.3 is 0 Å². The number of hydrogen-bond acceptors (Lipinski definition) is 10. The van der Waals surface area contributed by atoms with Crippen LogP contribution in [0.2, 0.25) is 0 Å². The number of ketones is 1. The third kappa shape index (κ3) is 4.64. The number of hydrogen-bond donors (Lipinski definition) is 6. The van der Waals surface area contributed by atoms with Crippen molar-refractivity contribution < 1.29 is 49.6 Å². The van der Waals surface area contributed by atoms with E-state index in [0.717, 1.165) is 32.1 Å². The first-order chi connectivity index (χ1) is 21.2. The molecule has 2 saturated heterocycles. The SMILES string of the molecule is C[C@H](CC[C@@H](O)C(C)(C)O)[C@H]1CC[C@@]2(C)[C@@H]3C[C@@H]4O[C@]45C(CCC(OC4OC(CO)C(O)C(O)C4O)C5(C)C)[C@]3(C)C(=O)C[C@]12C. The maximum atomic E-state index is 14.7. The van der Waals surface area contributed by atoms with E-state index >= 15 is 0 Å². The van der Waals surface area contributed by atoms with Crippen LogP contribution in [0.25, 0.3) is 0 Å². The molecule has 4 aliphatic carbocycles. The van der Waals surface area contributed by atoms with Gasteiger partial charge in [0, 0.05) is 23.2 Å². The lowest BCUT2D eigenvalue weighted by atomic mass is 9.36. The van der Waals surface area contributed by atoms with Crippen LogP contribution in [0.4, 0.5) is 0 Å². The van der Waals surface area contributed by atoms with Crippen LogP contribution in [0.15, 0.2) is 0 Å². The van der Waals surface area contributed by atoms with Gasteiger partial charge in [0.2, 0.25) is 0 Å². The van der Waals surface area contributed by atoms with Crippen molar-refractivity contribution >= 4 is 5.78 Å². The van der Waals surface area contributed by atoms with Gasteiger partial charge in [-0.1, -0.05) is 41.5 Å². The molecular weight excluding hydrogens is 592 g/mol. The molecule has 7 unspecified atom stereocenters. The Kier molecular flexibility index (Phi) is 8.52. The van der Waals surface area contributed by atoms with Crippen molar-refractivity contribution in [1.29, 1.82) is 0 Å². The zero-order chi connectivity index (χ0) is 34.0. The number of carbonyl (C=O) groups excluding carboxylic acids is 1. The topological polar surface area (TPSA) is 169 Å². The molecule has 2 aliphatic heterocycles. The van der Waals surface area contributed by atoms with E-state index in [4.69, 9.17) is 14.2 Å². The summed E-state index contributed by atoms with van der Waals surface area (Å²) in [6.45, 7) is 16.3. The highest BCUT2D eigenvalue weighted by atomic mass is 16.7. The zero-order valence-corrected chi connectivity index (χ0v) is 29.1. The lowest BCUT2D eigenvalue weighted by molar-refractivity contribution is -0.326. The summed E-state index contributed by atoms with van der Waals surface area (Å²) in [5, 5.41) is 61.8. The first kappa shape index (κ1) is 35.1. The monoisotopic (exact) mass is 652 g/mol. The van der Waals surface area contributed by atoms with E-state index in [2.05, 4.69) is 41.5 Å². The molecular formula is C36H60O10. The fraction of sp³-hybridized carbons (Fsp3) is 0.972. The van der Waals surface area contributed by atoms with Gasteiger partial charge in [0.25, 0.3) is 0 Å². The molecule has 6 aliphatic rings. The number of aliphatic hydroxyl groups excluding tert-OH is 5. The average Bonchev–Trinajstić information content (AvgIpc) is 3.65. The number of rotatable bonds is 8. The van der Waals surface area contributed by atoms with Gasteiger partial charge in [-0.3, -0.25) is 4.79 Å². The molecule has 0 aromatic rings. The molecule has 0 aromatic heterocycles. The van der Waals surface area contributed by atoms with Gasteiger partial charge in [-0.05, 0) is 87.4 Å². The van der Waals surface area contributed by atoms with E-state index in [1.165, 1.54) is 0 Å². The van der Waals surface area contributed by atoms with Gasteiger partial charge in [-0.15, -0.1) is 0 Å². The minimum atomic E-state index is -1.51. The molecule has 6 rings (SSSR count). The largest absolute Gasteiger partial charge is 0.394 e. The predicted molar refractivity (Wildman–Crippen MR) is 168 cm³/mol. The van der Waals surface area contributed by atoms with E-state index in [1.807, 2.05) is 0 Å². The Morgan fingerprint density at radius 1 is 0.957 bits per heavy atom. The Hall–Kier alpha value is -0.690. The Bertz CT molecular complexity index is 1180. The number of aliphatic hydroxyl groups is 6. The minimum Gasteiger partial charge on any atom is -0.394 e. The van der Waals surface area contributed by atoms with Crippen LogP contribution in [0.5, 0.6) is 0 Å². The molecule has 0 aromatic carbocycles.